The van der Waals surface area contributed by atoms with E-state index in [2.05, 4.69) is 0 Å². The maximum Gasteiger partial charge on any atom is 0.265 e. The highest BCUT2D eigenvalue weighted by molar-refractivity contribution is 7.80. The zero-order valence-electron chi connectivity index (χ0n) is 8.36. The molecule has 6 heteroatoms. The van der Waals surface area contributed by atoms with Crippen LogP contribution in [0.5, 0.6) is 0 Å². The molecule has 0 fully saturated rings. The molecule has 15 heavy (non-hydrogen) atoms. The van der Waals surface area contributed by atoms with Crippen molar-refractivity contribution in [2.45, 2.75) is 13.0 Å². The monoisotopic (exact) mass is 262 g/mol. The van der Waals surface area contributed by atoms with E-state index in [1.54, 1.807) is 25.4 Å². The molecule has 3 nitrogen and oxygen atoms in total. The van der Waals surface area contributed by atoms with Crippen LogP contribution < -0.4 is 5.73 Å². The molecule has 0 aliphatic heterocycles. The molecule has 1 aromatic heterocycles. The lowest BCUT2D eigenvalue weighted by molar-refractivity contribution is 0.0784. The summed E-state index contributed by atoms with van der Waals surface area (Å²) >= 11 is 12.0. The maximum atomic E-state index is 11.9. The molecule has 1 aromatic rings. The Balaban J connectivity index is 2.86. The summed E-state index contributed by atoms with van der Waals surface area (Å²) in [6.45, 7) is 1.78. The highest BCUT2D eigenvalue weighted by atomic mass is 35.5. The highest BCUT2D eigenvalue weighted by Crippen LogP contribution is 2.23. The second-order valence-electron chi connectivity index (χ2n) is 3.09. The standard InChI is InChI=1S/C9H11ClN2OS2/c1-5(8(11)14)12(2)9(13)7-6(10)3-4-15-7/h3-5H,1-2H3,(H2,11,14). The molecule has 1 rings (SSSR count). The fraction of sp³-hybridized carbons (Fsp3) is 0.333. The first-order valence-electron chi connectivity index (χ1n) is 4.24. The van der Waals surface area contributed by atoms with Crippen molar-refractivity contribution in [3.05, 3.63) is 21.3 Å². The second kappa shape index (κ2) is 4.92. The van der Waals surface area contributed by atoms with E-state index in [4.69, 9.17) is 29.6 Å². The van der Waals surface area contributed by atoms with Gasteiger partial charge in [0.2, 0.25) is 0 Å². The van der Waals surface area contributed by atoms with Crippen molar-refractivity contribution in [2.24, 2.45) is 5.73 Å². The third-order valence-corrected chi connectivity index (χ3v) is 3.80. The topological polar surface area (TPSA) is 46.3 Å². The van der Waals surface area contributed by atoms with Crippen molar-refractivity contribution < 1.29 is 4.79 Å². The predicted molar refractivity (Wildman–Crippen MR) is 67.7 cm³/mol. The lowest BCUT2D eigenvalue weighted by Gasteiger charge is -2.23. The molecule has 1 amide bonds. The Morgan fingerprint density at radius 2 is 2.33 bits per heavy atom. The molecule has 0 radical (unpaired) electrons. The van der Waals surface area contributed by atoms with Gasteiger partial charge in [0.1, 0.15) is 4.88 Å². The Bertz CT molecular complexity index is 391. The number of hydrogen-bond donors (Lipinski definition) is 1. The Hall–Kier alpha value is -0.650. The van der Waals surface area contributed by atoms with Crippen molar-refractivity contribution >= 4 is 46.1 Å². The minimum atomic E-state index is -0.273. The first-order valence-corrected chi connectivity index (χ1v) is 5.91. The van der Waals surface area contributed by atoms with E-state index in [-0.39, 0.29) is 11.9 Å². The number of likely N-dealkylation sites (N-methyl/N-ethyl adjacent to an activating group) is 1. The number of halogens is 1. The van der Waals surface area contributed by atoms with Crippen molar-refractivity contribution in [3.8, 4) is 0 Å². The van der Waals surface area contributed by atoms with Gasteiger partial charge < -0.3 is 10.6 Å². The van der Waals surface area contributed by atoms with Crippen LogP contribution in [0.3, 0.4) is 0 Å². The predicted octanol–water partition coefficient (Wildman–Crippen LogP) is 2.15. The fourth-order valence-corrected chi connectivity index (χ4v) is 2.25. The van der Waals surface area contributed by atoms with Gasteiger partial charge in [-0.3, -0.25) is 4.79 Å². The summed E-state index contributed by atoms with van der Waals surface area (Å²) in [5, 5.41) is 2.24. The number of amides is 1. The number of thiocarbonyl (C=S) groups is 1. The van der Waals surface area contributed by atoms with Gasteiger partial charge in [0.25, 0.3) is 5.91 Å². The van der Waals surface area contributed by atoms with Crippen molar-refractivity contribution in [3.63, 3.8) is 0 Å². The number of thiophene rings is 1. The number of carbonyl (C=O) groups excluding carboxylic acids is 1. The lowest BCUT2D eigenvalue weighted by atomic mass is 10.3. The van der Waals surface area contributed by atoms with Gasteiger partial charge in [-0.2, -0.15) is 0 Å². The summed E-state index contributed by atoms with van der Waals surface area (Å²) in [5.41, 5.74) is 5.47. The maximum absolute atomic E-state index is 11.9. The van der Waals surface area contributed by atoms with Crippen LogP contribution in [0.25, 0.3) is 0 Å². The fourth-order valence-electron chi connectivity index (χ4n) is 0.973. The molecule has 82 valence electrons. The molecular formula is C9H11ClN2OS2. The minimum absolute atomic E-state index is 0.157. The van der Waals surface area contributed by atoms with Gasteiger partial charge in [-0.15, -0.1) is 11.3 Å². The van der Waals surface area contributed by atoms with Crippen LogP contribution >= 0.6 is 35.2 Å². The van der Waals surface area contributed by atoms with Crippen LogP contribution in [-0.4, -0.2) is 28.9 Å². The van der Waals surface area contributed by atoms with Crippen LogP contribution in [-0.2, 0) is 0 Å². The van der Waals surface area contributed by atoms with Crippen molar-refractivity contribution in [1.29, 1.82) is 0 Å². The summed E-state index contributed by atoms with van der Waals surface area (Å²) in [5.74, 6) is -0.157. The van der Waals surface area contributed by atoms with E-state index in [9.17, 15) is 4.79 Å². The normalized spacial score (nSPS) is 12.2. The third-order valence-electron chi connectivity index (χ3n) is 2.12. The Morgan fingerprint density at radius 1 is 1.73 bits per heavy atom. The van der Waals surface area contributed by atoms with Gasteiger partial charge in [0.05, 0.1) is 16.1 Å². The first-order chi connectivity index (χ1) is 6.95. The van der Waals surface area contributed by atoms with Gasteiger partial charge in [0.15, 0.2) is 0 Å². The Labute approximate surface area is 103 Å². The molecule has 0 aliphatic carbocycles. The number of carbonyl (C=O) groups is 1. The molecule has 1 unspecified atom stereocenters. The average Bonchev–Trinajstić information content (AvgIpc) is 2.60. The Morgan fingerprint density at radius 3 is 2.73 bits per heavy atom. The van der Waals surface area contributed by atoms with Crippen LogP contribution in [0.2, 0.25) is 5.02 Å². The molecular weight excluding hydrogens is 252 g/mol. The zero-order valence-corrected chi connectivity index (χ0v) is 10.7. The summed E-state index contributed by atoms with van der Waals surface area (Å²) in [7, 11) is 1.65. The summed E-state index contributed by atoms with van der Waals surface area (Å²) in [6.07, 6.45) is 0. The van der Waals surface area contributed by atoms with Gasteiger partial charge in [-0.1, -0.05) is 23.8 Å². The van der Waals surface area contributed by atoms with Crippen LogP contribution in [0.4, 0.5) is 0 Å². The van der Waals surface area contributed by atoms with Gasteiger partial charge in [-0.25, -0.2) is 0 Å². The first kappa shape index (κ1) is 12.4. The molecule has 2 N–H and O–H groups in total. The summed E-state index contributed by atoms with van der Waals surface area (Å²) in [6, 6.07) is 1.42. The van der Waals surface area contributed by atoms with Crippen LogP contribution in [0.15, 0.2) is 11.4 Å². The smallest absolute Gasteiger partial charge is 0.265 e. The summed E-state index contributed by atoms with van der Waals surface area (Å²) < 4.78 is 0. The van der Waals surface area contributed by atoms with Crippen LogP contribution in [0.1, 0.15) is 16.6 Å². The molecule has 0 spiro atoms. The van der Waals surface area contributed by atoms with E-state index in [1.807, 2.05) is 0 Å². The quantitative estimate of drug-likeness (QED) is 0.849. The molecule has 0 saturated carbocycles. The van der Waals surface area contributed by atoms with Crippen molar-refractivity contribution in [2.75, 3.05) is 7.05 Å². The number of hydrogen-bond acceptors (Lipinski definition) is 3. The van der Waals surface area contributed by atoms with E-state index >= 15 is 0 Å². The number of rotatable bonds is 3. The lowest BCUT2D eigenvalue weighted by Crippen LogP contribution is -2.42. The highest BCUT2D eigenvalue weighted by Gasteiger charge is 2.21. The van der Waals surface area contributed by atoms with E-state index in [0.29, 0.717) is 14.9 Å². The number of nitrogens with two attached hydrogens (primary N) is 1. The Kier molecular flexibility index (Phi) is 4.07. The zero-order chi connectivity index (χ0) is 11.6. The van der Waals surface area contributed by atoms with E-state index in [0.717, 1.165) is 0 Å². The molecule has 0 aromatic carbocycles. The van der Waals surface area contributed by atoms with Crippen molar-refractivity contribution in [1.82, 2.24) is 4.90 Å². The minimum Gasteiger partial charge on any atom is -0.392 e. The molecule has 1 heterocycles. The second-order valence-corrected chi connectivity index (χ2v) is 4.89. The molecule has 0 bridgehead atoms. The average molecular weight is 263 g/mol. The molecule has 1 atom stereocenters. The molecule has 0 saturated heterocycles. The number of nitrogens with zero attached hydrogens (tertiary/aromatic N) is 1. The van der Waals surface area contributed by atoms with Gasteiger partial charge in [0, 0.05) is 7.05 Å². The third kappa shape index (κ3) is 2.68. The van der Waals surface area contributed by atoms with Crippen LogP contribution in [0, 0.1) is 0 Å². The molecule has 0 aliphatic rings. The largest absolute Gasteiger partial charge is 0.392 e. The SMILES string of the molecule is CC(C(N)=S)N(C)C(=O)c1sccc1Cl. The van der Waals surface area contributed by atoms with Gasteiger partial charge >= 0.3 is 0 Å². The van der Waals surface area contributed by atoms with E-state index in [1.165, 1.54) is 16.2 Å². The summed E-state index contributed by atoms with van der Waals surface area (Å²) in [4.78, 5) is 14.2. The van der Waals surface area contributed by atoms with E-state index < -0.39 is 0 Å². The van der Waals surface area contributed by atoms with Gasteiger partial charge in [-0.05, 0) is 18.4 Å².